The fourth-order valence-corrected chi connectivity index (χ4v) is 2.69. The van der Waals surface area contributed by atoms with Crippen molar-refractivity contribution in [3.8, 4) is 0 Å². The zero-order valence-corrected chi connectivity index (χ0v) is 12.8. The highest BCUT2D eigenvalue weighted by Gasteiger charge is 2.28. The molecule has 1 heterocycles. The lowest BCUT2D eigenvalue weighted by atomic mass is 9.92. The normalized spacial score (nSPS) is 23.3. The number of amides is 2. The quantitative estimate of drug-likeness (QED) is 0.741. The topological polar surface area (TPSA) is 95.9 Å². The fraction of sp³-hybridized carbons (Fsp3) is 0.786. The van der Waals surface area contributed by atoms with Crippen molar-refractivity contribution in [2.75, 3.05) is 20.2 Å². The van der Waals surface area contributed by atoms with Gasteiger partial charge in [-0.2, -0.15) is 0 Å². The van der Waals surface area contributed by atoms with Crippen LogP contribution in [0.25, 0.3) is 0 Å². The standard InChI is InChI=1S/C14H24N2O5/c1-9-6-10(2)8-16(7-9)14(20)15-11(13(18)19)4-5-12(17)21-3/h9-11H,4-8H2,1-3H3,(H,15,20)(H,18,19)/t9?,10?,11-/m0/s1. The van der Waals surface area contributed by atoms with Gasteiger partial charge in [-0.05, 0) is 24.7 Å². The molecule has 0 aromatic heterocycles. The minimum atomic E-state index is -1.15. The summed E-state index contributed by atoms with van der Waals surface area (Å²) in [6, 6.07) is -1.46. The number of carbonyl (C=O) groups is 3. The zero-order chi connectivity index (χ0) is 16.0. The molecular formula is C14H24N2O5. The van der Waals surface area contributed by atoms with Gasteiger partial charge in [0.15, 0.2) is 0 Å². The van der Waals surface area contributed by atoms with Crippen LogP contribution in [0.2, 0.25) is 0 Å². The highest BCUT2D eigenvalue weighted by atomic mass is 16.5. The van der Waals surface area contributed by atoms with E-state index in [-0.39, 0.29) is 18.9 Å². The minimum Gasteiger partial charge on any atom is -0.480 e. The first kappa shape index (κ1) is 17.3. The van der Waals surface area contributed by atoms with Crippen LogP contribution in [0.3, 0.4) is 0 Å². The molecule has 0 radical (unpaired) electrons. The maximum Gasteiger partial charge on any atom is 0.326 e. The second-order valence-electron chi connectivity index (χ2n) is 5.81. The van der Waals surface area contributed by atoms with E-state index >= 15 is 0 Å². The van der Waals surface area contributed by atoms with Crippen LogP contribution in [-0.4, -0.2) is 54.2 Å². The summed E-state index contributed by atoms with van der Waals surface area (Å²) in [5.74, 6) is -0.836. The van der Waals surface area contributed by atoms with Crippen LogP contribution >= 0.6 is 0 Å². The number of carboxylic acids is 1. The summed E-state index contributed by atoms with van der Waals surface area (Å²) in [5.41, 5.74) is 0. The van der Waals surface area contributed by atoms with Gasteiger partial charge < -0.3 is 20.1 Å². The van der Waals surface area contributed by atoms with Crippen molar-refractivity contribution in [3.63, 3.8) is 0 Å². The van der Waals surface area contributed by atoms with Crippen molar-refractivity contribution in [2.24, 2.45) is 11.8 Å². The Balaban J connectivity index is 2.55. The molecular weight excluding hydrogens is 276 g/mol. The van der Waals surface area contributed by atoms with Crippen molar-refractivity contribution >= 4 is 18.0 Å². The number of ether oxygens (including phenoxy) is 1. The summed E-state index contributed by atoms with van der Waals surface area (Å²) in [4.78, 5) is 36.0. The summed E-state index contributed by atoms with van der Waals surface area (Å²) in [6.07, 6.45) is 1.04. The Labute approximate surface area is 124 Å². The average Bonchev–Trinajstić information content (AvgIpc) is 2.41. The van der Waals surface area contributed by atoms with Crippen molar-refractivity contribution in [1.82, 2.24) is 10.2 Å². The van der Waals surface area contributed by atoms with Gasteiger partial charge in [0.2, 0.25) is 0 Å². The number of carboxylic acid groups (broad SMARTS) is 1. The molecule has 1 saturated heterocycles. The number of likely N-dealkylation sites (tertiary alicyclic amines) is 1. The molecule has 2 unspecified atom stereocenters. The second kappa shape index (κ2) is 7.85. The third kappa shape index (κ3) is 5.61. The zero-order valence-electron chi connectivity index (χ0n) is 12.8. The molecule has 1 rings (SSSR count). The first-order chi connectivity index (χ1) is 9.83. The molecule has 0 aliphatic carbocycles. The molecule has 0 spiro atoms. The number of nitrogens with zero attached hydrogens (tertiary/aromatic N) is 1. The molecule has 2 amide bonds. The molecule has 0 bridgehead atoms. The summed E-state index contributed by atoms with van der Waals surface area (Å²) in [7, 11) is 1.24. The molecule has 1 aliphatic heterocycles. The lowest BCUT2D eigenvalue weighted by molar-refractivity contribution is -0.142. The Kier molecular flexibility index (Phi) is 6.45. The van der Waals surface area contributed by atoms with Gasteiger partial charge in [-0.15, -0.1) is 0 Å². The molecule has 7 nitrogen and oxygen atoms in total. The van der Waals surface area contributed by atoms with Crippen molar-refractivity contribution in [2.45, 2.75) is 39.2 Å². The Morgan fingerprint density at radius 3 is 2.33 bits per heavy atom. The number of rotatable bonds is 5. The van der Waals surface area contributed by atoms with Crippen LogP contribution in [-0.2, 0) is 14.3 Å². The molecule has 7 heteroatoms. The maximum atomic E-state index is 12.2. The van der Waals surface area contributed by atoms with Crippen LogP contribution in [0, 0.1) is 11.8 Å². The Hall–Kier alpha value is -1.79. The van der Waals surface area contributed by atoms with E-state index in [1.807, 2.05) is 0 Å². The smallest absolute Gasteiger partial charge is 0.326 e. The third-order valence-corrected chi connectivity index (χ3v) is 3.62. The number of hydrogen-bond donors (Lipinski definition) is 2. The lowest BCUT2D eigenvalue weighted by Gasteiger charge is -2.35. The molecule has 120 valence electrons. The second-order valence-corrected chi connectivity index (χ2v) is 5.81. The first-order valence-electron chi connectivity index (χ1n) is 7.18. The van der Waals surface area contributed by atoms with E-state index in [0.717, 1.165) is 6.42 Å². The largest absolute Gasteiger partial charge is 0.480 e. The van der Waals surface area contributed by atoms with Gasteiger partial charge in [-0.1, -0.05) is 13.8 Å². The van der Waals surface area contributed by atoms with Gasteiger partial charge in [-0.3, -0.25) is 4.79 Å². The fourth-order valence-electron chi connectivity index (χ4n) is 2.69. The highest BCUT2D eigenvalue weighted by molar-refractivity contribution is 5.83. The van der Waals surface area contributed by atoms with Crippen molar-refractivity contribution in [1.29, 1.82) is 0 Å². The predicted molar refractivity (Wildman–Crippen MR) is 75.7 cm³/mol. The van der Waals surface area contributed by atoms with Crippen molar-refractivity contribution < 1.29 is 24.2 Å². The third-order valence-electron chi connectivity index (χ3n) is 3.62. The van der Waals surface area contributed by atoms with Gasteiger partial charge in [0.05, 0.1) is 7.11 Å². The lowest BCUT2D eigenvalue weighted by Crippen LogP contribution is -2.52. The number of esters is 1. The van der Waals surface area contributed by atoms with Gasteiger partial charge in [0.25, 0.3) is 0 Å². The highest BCUT2D eigenvalue weighted by Crippen LogP contribution is 2.20. The number of hydrogen-bond acceptors (Lipinski definition) is 4. The van der Waals surface area contributed by atoms with Crippen LogP contribution in [0.1, 0.15) is 33.1 Å². The van der Waals surface area contributed by atoms with E-state index in [2.05, 4.69) is 23.9 Å². The van der Waals surface area contributed by atoms with Crippen LogP contribution in [0.15, 0.2) is 0 Å². The molecule has 0 saturated carbocycles. The van der Waals surface area contributed by atoms with Gasteiger partial charge in [-0.25, -0.2) is 9.59 Å². The van der Waals surface area contributed by atoms with Crippen molar-refractivity contribution in [3.05, 3.63) is 0 Å². The van der Waals surface area contributed by atoms with Crippen LogP contribution in [0.4, 0.5) is 4.79 Å². The maximum absolute atomic E-state index is 12.2. The molecule has 0 aromatic rings. The van der Waals surface area contributed by atoms with E-state index in [1.165, 1.54) is 7.11 Å². The number of aliphatic carboxylic acids is 1. The Morgan fingerprint density at radius 1 is 1.29 bits per heavy atom. The van der Waals surface area contributed by atoms with E-state index in [0.29, 0.717) is 24.9 Å². The summed E-state index contributed by atoms with van der Waals surface area (Å²) in [5, 5.41) is 11.6. The Bertz CT molecular complexity index is 389. The monoisotopic (exact) mass is 300 g/mol. The molecule has 2 N–H and O–H groups in total. The van der Waals surface area contributed by atoms with Crippen LogP contribution in [0.5, 0.6) is 0 Å². The number of nitrogens with one attached hydrogen (secondary N) is 1. The number of carbonyl (C=O) groups excluding carboxylic acids is 2. The van der Waals surface area contributed by atoms with E-state index in [1.54, 1.807) is 4.90 Å². The number of piperidine rings is 1. The molecule has 1 aliphatic rings. The Morgan fingerprint density at radius 2 is 1.86 bits per heavy atom. The number of methoxy groups -OCH3 is 1. The summed E-state index contributed by atoms with van der Waals surface area (Å²) < 4.78 is 4.47. The van der Waals surface area contributed by atoms with Gasteiger partial charge in [0.1, 0.15) is 6.04 Å². The molecule has 0 aromatic carbocycles. The molecule has 3 atom stereocenters. The van der Waals surface area contributed by atoms with E-state index < -0.39 is 18.0 Å². The SMILES string of the molecule is COC(=O)CC[C@H](NC(=O)N1CC(C)CC(C)C1)C(=O)O. The van der Waals surface area contributed by atoms with Gasteiger partial charge >= 0.3 is 18.0 Å². The molecule has 1 fully saturated rings. The van der Waals surface area contributed by atoms with E-state index in [9.17, 15) is 14.4 Å². The molecule has 21 heavy (non-hydrogen) atoms. The summed E-state index contributed by atoms with van der Waals surface area (Å²) in [6.45, 7) is 5.39. The van der Waals surface area contributed by atoms with Gasteiger partial charge in [0, 0.05) is 19.5 Å². The minimum absolute atomic E-state index is 0.0205. The number of urea groups is 1. The average molecular weight is 300 g/mol. The van der Waals surface area contributed by atoms with E-state index in [4.69, 9.17) is 5.11 Å². The summed E-state index contributed by atoms with van der Waals surface area (Å²) >= 11 is 0. The first-order valence-corrected chi connectivity index (χ1v) is 7.18. The van der Waals surface area contributed by atoms with Crippen LogP contribution < -0.4 is 5.32 Å². The predicted octanol–water partition coefficient (Wildman–Crippen LogP) is 1.08.